The fraction of sp³-hybridized carbons (Fsp3) is 0.520. The number of ether oxygens (including phenoxy) is 1. The van der Waals surface area contributed by atoms with E-state index in [1.54, 1.807) is 0 Å². The molecule has 146 valence electrons. The molecule has 2 N–H and O–H groups in total. The fourth-order valence-electron chi connectivity index (χ4n) is 4.19. The molecule has 2 unspecified atom stereocenters. The number of benzene rings is 2. The maximum absolute atomic E-state index is 6.15. The van der Waals surface area contributed by atoms with Crippen molar-refractivity contribution in [3.05, 3.63) is 64.7 Å². The van der Waals surface area contributed by atoms with E-state index in [1.807, 2.05) is 0 Å². The van der Waals surface area contributed by atoms with Crippen LogP contribution >= 0.6 is 0 Å². The second kappa shape index (κ2) is 9.41. The number of fused-ring (bicyclic) bond motifs is 1. The first kappa shape index (κ1) is 19.9. The van der Waals surface area contributed by atoms with E-state index in [1.165, 1.54) is 41.5 Å². The highest BCUT2D eigenvalue weighted by atomic mass is 16.5. The summed E-state index contributed by atoms with van der Waals surface area (Å²) in [6.07, 6.45) is 5.87. The van der Waals surface area contributed by atoms with E-state index in [0.717, 1.165) is 31.7 Å². The van der Waals surface area contributed by atoms with Crippen LogP contribution in [0.2, 0.25) is 0 Å². The molecule has 2 heteroatoms. The van der Waals surface area contributed by atoms with Gasteiger partial charge in [-0.3, -0.25) is 0 Å². The Morgan fingerprint density at radius 2 is 1.93 bits per heavy atom. The van der Waals surface area contributed by atoms with Crippen molar-refractivity contribution in [2.45, 2.75) is 64.7 Å². The van der Waals surface area contributed by atoms with Gasteiger partial charge in [-0.25, -0.2) is 0 Å². The fourth-order valence-corrected chi connectivity index (χ4v) is 4.19. The molecule has 3 rings (SSSR count). The van der Waals surface area contributed by atoms with Crippen LogP contribution in [0.15, 0.2) is 42.5 Å². The lowest BCUT2D eigenvalue weighted by Crippen LogP contribution is -2.21. The minimum absolute atomic E-state index is 0.509. The van der Waals surface area contributed by atoms with Crippen LogP contribution in [0.4, 0.5) is 0 Å². The monoisotopic (exact) mass is 365 g/mol. The molecule has 2 atom stereocenters. The molecule has 0 saturated heterocycles. The first-order valence-corrected chi connectivity index (χ1v) is 10.6. The molecule has 0 bridgehead atoms. The van der Waals surface area contributed by atoms with Gasteiger partial charge in [0.2, 0.25) is 0 Å². The van der Waals surface area contributed by atoms with E-state index in [2.05, 4.69) is 63.2 Å². The zero-order valence-corrected chi connectivity index (χ0v) is 17.2. The second-order valence-electron chi connectivity index (χ2n) is 8.40. The SMILES string of the molecule is CCCC(CN)c1ccc2c(c1)CCC(COc1cccc(C(C)C)c1)C2. The molecule has 1 aliphatic rings. The standard InChI is InChI=1S/C25H35NO/c1-4-6-24(16-26)23-12-11-21-13-19(9-10-22(21)14-23)17-27-25-8-5-7-20(15-25)18(2)3/h5,7-8,11-12,14-15,18-19,24H,4,6,9-10,13,16-17,26H2,1-3H3. The first-order chi connectivity index (χ1) is 13.1. The average Bonchev–Trinajstić information content (AvgIpc) is 2.70. The summed E-state index contributed by atoms with van der Waals surface area (Å²) in [6.45, 7) is 8.24. The van der Waals surface area contributed by atoms with E-state index in [9.17, 15) is 0 Å². The third kappa shape index (κ3) is 5.13. The Kier molecular flexibility index (Phi) is 6.95. The summed E-state index contributed by atoms with van der Waals surface area (Å²) in [5, 5.41) is 0. The molecule has 0 heterocycles. The third-order valence-corrected chi connectivity index (χ3v) is 5.96. The van der Waals surface area contributed by atoms with Gasteiger partial charge in [0, 0.05) is 0 Å². The van der Waals surface area contributed by atoms with Crippen LogP contribution < -0.4 is 10.5 Å². The lowest BCUT2D eigenvalue weighted by molar-refractivity contribution is 0.234. The van der Waals surface area contributed by atoms with Gasteiger partial charge in [-0.2, -0.15) is 0 Å². The molecule has 0 aliphatic heterocycles. The lowest BCUT2D eigenvalue weighted by atomic mass is 9.82. The molecule has 0 radical (unpaired) electrons. The summed E-state index contributed by atoms with van der Waals surface area (Å²) in [6, 6.07) is 15.6. The van der Waals surface area contributed by atoms with Gasteiger partial charge in [-0.1, -0.05) is 57.5 Å². The Hall–Kier alpha value is -1.80. The van der Waals surface area contributed by atoms with Crippen molar-refractivity contribution >= 4 is 0 Å². The summed E-state index contributed by atoms with van der Waals surface area (Å²) in [5.41, 5.74) is 11.8. The quantitative estimate of drug-likeness (QED) is 0.638. The van der Waals surface area contributed by atoms with Crippen molar-refractivity contribution in [3.8, 4) is 5.75 Å². The van der Waals surface area contributed by atoms with Gasteiger partial charge in [0.1, 0.15) is 5.75 Å². The molecular formula is C25H35NO. The highest BCUT2D eigenvalue weighted by molar-refractivity contribution is 5.36. The van der Waals surface area contributed by atoms with Crippen molar-refractivity contribution in [3.63, 3.8) is 0 Å². The number of hydrogen-bond acceptors (Lipinski definition) is 2. The molecule has 2 aromatic rings. The molecule has 27 heavy (non-hydrogen) atoms. The van der Waals surface area contributed by atoms with Gasteiger partial charge in [0.05, 0.1) is 6.61 Å². The Morgan fingerprint density at radius 3 is 2.67 bits per heavy atom. The summed E-state index contributed by atoms with van der Waals surface area (Å²) in [5.74, 6) is 2.66. The predicted molar refractivity (Wildman–Crippen MR) is 115 cm³/mol. The highest BCUT2D eigenvalue weighted by Crippen LogP contribution is 2.30. The molecule has 0 saturated carbocycles. The molecular weight excluding hydrogens is 330 g/mol. The number of rotatable bonds is 8. The van der Waals surface area contributed by atoms with E-state index in [-0.39, 0.29) is 0 Å². The van der Waals surface area contributed by atoms with Crippen molar-refractivity contribution in [1.29, 1.82) is 0 Å². The van der Waals surface area contributed by atoms with Gasteiger partial charge in [0.15, 0.2) is 0 Å². The lowest BCUT2D eigenvalue weighted by Gasteiger charge is -2.26. The first-order valence-electron chi connectivity index (χ1n) is 10.6. The maximum atomic E-state index is 6.15. The highest BCUT2D eigenvalue weighted by Gasteiger charge is 2.21. The summed E-state index contributed by atoms with van der Waals surface area (Å²) >= 11 is 0. The molecule has 0 spiro atoms. The molecule has 2 aromatic carbocycles. The normalized spacial score (nSPS) is 17.6. The molecule has 0 fully saturated rings. The van der Waals surface area contributed by atoms with Crippen molar-refractivity contribution in [1.82, 2.24) is 0 Å². The summed E-state index contributed by atoms with van der Waals surface area (Å²) < 4.78 is 6.15. The van der Waals surface area contributed by atoms with Crippen molar-refractivity contribution < 1.29 is 4.74 Å². The minimum atomic E-state index is 0.509. The van der Waals surface area contributed by atoms with Gasteiger partial charge in [-0.05, 0) is 84.4 Å². The van der Waals surface area contributed by atoms with Crippen molar-refractivity contribution in [2.75, 3.05) is 13.2 Å². The van der Waals surface area contributed by atoms with Crippen LogP contribution in [0.1, 0.15) is 74.1 Å². The molecule has 1 aliphatic carbocycles. The molecule has 0 amide bonds. The Labute approximate surface area is 165 Å². The van der Waals surface area contributed by atoms with Gasteiger partial charge in [0.25, 0.3) is 0 Å². The predicted octanol–water partition coefficient (Wildman–Crippen LogP) is 5.84. The number of nitrogens with two attached hydrogens (primary N) is 1. The van der Waals surface area contributed by atoms with Crippen LogP contribution in [-0.2, 0) is 12.8 Å². The maximum Gasteiger partial charge on any atom is 0.119 e. The Bertz CT molecular complexity index is 737. The number of aryl methyl sites for hydroxylation is 1. The molecule has 0 aromatic heterocycles. The van der Waals surface area contributed by atoms with Crippen LogP contribution in [0, 0.1) is 5.92 Å². The zero-order chi connectivity index (χ0) is 19.2. The van der Waals surface area contributed by atoms with E-state index < -0.39 is 0 Å². The van der Waals surface area contributed by atoms with Crippen molar-refractivity contribution in [2.24, 2.45) is 11.7 Å². The van der Waals surface area contributed by atoms with Crippen LogP contribution in [0.5, 0.6) is 5.75 Å². The zero-order valence-electron chi connectivity index (χ0n) is 17.2. The topological polar surface area (TPSA) is 35.2 Å². The Balaban J connectivity index is 1.61. The van der Waals surface area contributed by atoms with Crippen LogP contribution in [0.3, 0.4) is 0 Å². The van der Waals surface area contributed by atoms with Crippen LogP contribution in [-0.4, -0.2) is 13.2 Å². The van der Waals surface area contributed by atoms with Gasteiger partial charge < -0.3 is 10.5 Å². The van der Waals surface area contributed by atoms with E-state index in [4.69, 9.17) is 10.5 Å². The van der Waals surface area contributed by atoms with Gasteiger partial charge in [-0.15, -0.1) is 0 Å². The summed E-state index contributed by atoms with van der Waals surface area (Å²) in [7, 11) is 0. The van der Waals surface area contributed by atoms with Crippen LogP contribution in [0.25, 0.3) is 0 Å². The average molecular weight is 366 g/mol. The van der Waals surface area contributed by atoms with E-state index >= 15 is 0 Å². The largest absolute Gasteiger partial charge is 0.493 e. The third-order valence-electron chi connectivity index (χ3n) is 5.96. The Morgan fingerprint density at radius 1 is 1.07 bits per heavy atom. The van der Waals surface area contributed by atoms with Gasteiger partial charge >= 0.3 is 0 Å². The second-order valence-corrected chi connectivity index (χ2v) is 8.40. The molecule has 2 nitrogen and oxygen atoms in total. The summed E-state index contributed by atoms with van der Waals surface area (Å²) in [4.78, 5) is 0. The minimum Gasteiger partial charge on any atom is -0.493 e. The van der Waals surface area contributed by atoms with E-state index in [0.29, 0.717) is 17.8 Å². The number of hydrogen-bond donors (Lipinski definition) is 1. The smallest absolute Gasteiger partial charge is 0.119 e.